The predicted molar refractivity (Wildman–Crippen MR) is 70.7 cm³/mol. The largest absolute Gasteiger partial charge is 0.508 e. The van der Waals surface area contributed by atoms with E-state index in [1.165, 1.54) is 0 Å². The Hall–Kier alpha value is -1.26. The molecule has 0 aliphatic rings. The molecule has 0 aliphatic heterocycles. The SMILES string of the molecule is CNC(C)c1ccc(N(C)CCOC)cc1O. The number of phenolic OH excluding ortho intramolecular Hbond substituents is 1. The Morgan fingerprint density at radius 3 is 2.71 bits per heavy atom. The zero-order chi connectivity index (χ0) is 12.8. The van der Waals surface area contributed by atoms with Crippen molar-refractivity contribution in [2.75, 3.05) is 39.3 Å². The fourth-order valence-electron chi connectivity index (χ4n) is 1.65. The third kappa shape index (κ3) is 3.61. The minimum Gasteiger partial charge on any atom is -0.508 e. The number of aromatic hydroxyl groups is 1. The number of hydrogen-bond acceptors (Lipinski definition) is 4. The topological polar surface area (TPSA) is 44.7 Å². The lowest BCUT2D eigenvalue weighted by atomic mass is 10.1. The summed E-state index contributed by atoms with van der Waals surface area (Å²) < 4.78 is 5.03. The van der Waals surface area contributed by atoms with Gasteiger partial charge in [0.25, 0.3) is 0 Å². The molecule has 2 N–H and O–H groups in total. The maximum Gasteiger partial charge on any atom is 0.122 e. The van der Waals surface area contributed by atoms with Gasteiger partial charge in [0.15, 0.2) is 0 Å². The van der Waals surface area contributed by atoms with Crippen molar-refractivity contribution in [2.45, 2.75) is 13.0 Å². The van der Waals surface area contributed by atoms with Crippen LogP contribution in [0.4, 0.5) is 5.69 Å². The Kier molecular flexibility index (Phi) is 5.25. The molecule has 96 valence electrons. The van der Waals surface area contributed by atoms with Crippen LogP contribution in [0.5, 0.6) is 5.75 Å². The lowest BCUT2D eigenvalue weighted by Gasteiger charge is -2.21. The van der Waals surface area contributed by atoms with Crippen molar-refractivity contribution in [3.63, 3.8) is 0 Å². The monoisotopic (exact) mass is 238 g/mol. The van der Waals surface area contributed by atoms with Gasteiger partial charge in [-0.25, -0.2) is 0 Å². The van der Waals surface area contributed by atoms with Crippen molar-refractivity contribution in [1.82, 2.24) is 5.32 Å². The second-order valence-corrected chi connectivity index (χ2v) is 4.17. The molecule has 0 fully saturated rings. The highest BCUT2D eigenvalue weighted by Gasteiger charge is 2.10. The number of nitrogens with zero attached hydrogens (tertiary/aromatic N) is 1. The van der Waals surface area contributed by atoms with Crippen molar-refractivity contribution in [3.05, 3.63) is 23.8 Å². The van der Waals surface area contributed by atoms with E-state index in [0.717, 1.165) is 17.8 Å². The fraction of sp³-hybridized carbons (Fsp3) is 0.538. The molecule has 0 amide bonds. The molecular formula is C13H22N2O2. The van der Waals surface area contributed by atoms with E-state index in [9.17, 15) is 5.11 Å². The lowest BCUT2D eigenvalue weighted by molar-refractivity contribution is 0.206. The van der Waals surface area contributed by atoms with Gasteiger partial charge in [-0.2, -0.15) is 0 Å². The standard InChI is InChI=1S/C13H22N2O2/c1-10(14-2)12-6-5-11(9-13(12)16)15(3)7-8-17-4/h5-6,9-10,14,16H,7-8H2,1-4H3. The molecule has 1 atom stereocenters. The maximum atomic E-state index is 9.97. The summed E-state index contributed by atoms with van der Waals surface area (Å²) in [6.45, 7) is 3.49. The summed E-state index contributed by atoms with van der Waals surface area (Å²) >= 11 is 0. The van der Waals surface area contributed by atoms with Crippen LogP contribution in [0.1, 0.15) is 18.5 Å². The zero-order valence-corrected chi connectivity index (χ0v) is 11.0. The van der Waals surface area contributed by atoms with Gasteiger partial charge in [-0.1, -0.05) is 6.07 Å². The van der Waals surface area contributed by atoms with Gasteiger partial charge in [-0.15, -0.1) is 0 Å². The van der Waals surface area contributed by atoms with Crippen LogP contribution >= 0.6 is 0 Å². The third-order valence-electron chi connectivity index (χ3n) is 2.99. The van der Waals surface area contributed by atoms with Crippen LogP contribution in [0, 0.1) is 0 Å². The number of benzene rings is 1. The highest BCUT2D eigenvalue weighted by molar-refractivity contribution is 5.53. The van der Waals surface area contributed by atoms with Gasteiger partial charge in [0.05, 0.1) is 6.61 Å². The first-order valence-electron chi connectivity index (χ1n) is 5.80. The Morgan fingerprint density at radius 1 is 1.47 bits per heavy atom. The van der Waals surface area contributed by atoms with Crippen LogP contribution in [0.2, 0.25) is 0 Å². The number of phenols is 1. The molecule has 0 heterocycles. The predicted octanol–water partition coefficient (Wildman–Crippen LogP) is 1.76. The van der Waals surface area contributed by atoms with Crippen LogP contribution in [0.15, 0.2) is 18.2 Å². The van der Waals surface area contributed by atoms with Gasteiger partial charge in [-0.05, 0) is 20.0 Å². The summed E-state index contributed by atoms with van der Waals surface area (Å²) in [6, 6.07) is 5.90. The van der Waals surface area contributed by atoms with Gasteiger partial charge >= 0.3 is 0 Å². The Labute approximate surface area is 103 Å². The van der Waals surface area contributed by atoms with Crippen molar-refractivity contribution >= 4 is 5.69 Å². The molecule has 0 aliphatic carbocycles. The molecule has 0 spiro atoms. The molecule has 1 unspecified atom stereocenters. The number of rotatable bonds is 6. The van der Waals surface area contributed by atoms with Crippen molar-refractivity contribution < 1.29 is 9.84 Å². The molecule has 0 saturated heterocycles. The van der Waals surface area contributed by atoms with Crippen LogP contribution < -0.4 is 10.2 Å². The van der Waals surface area contributed by atoms with Gasteiger partial charge < -0.3 is 20.1 Å². The second-order valence-electron chi connectivity index (χ2n) is 4.17. The zero-order valence-electron chi connectivity index (χ0n) is 11.0. The van der Waals surface area contributed by atoms with Crippen molar-refractivity contribution in [1.29, 1.82) is 0 Å². The van der Waals surface area contributed by atoms with E-state index in [4.69, 9.17) is 4.74 Å². The van der Waals surface area contributed by atoms with E-state index in [1.54, 1.807) is 13.2 Å². The summed E-state index contributed by atoms with van der Waals surface area (Å²) in [6.07, 6.45) is 0. The van der Waals surface area contributed by atoms with E-state index in [1.807, 2.05) is 33.2 Å². The average Bonchev–Trinajstić information content (AvgIpc) is 2.34. The van der Waals surface area contributed by atoms with Crippen LogP contribution in [0.3, 0.4) is 0 Å². The number of ether oxygens (including phenoxy) is 1. The molecule has 4 nitrogen and oxygen atoms in total. The maximum absolute atomic E-state index is 9.97. The minimum absolute atomic E-state index is 0.147. The molecule has 4 heteroatoms. The number of likely N-dealkylation sites (N-methyl/N-ethyl adjacent to an activating group) is 1. The molecule has 0 saturated carbocycles. The number of anilines is 1. The molecule has 1 rings (SSSR count). The van der Waals surface area contributed by atoms with E-state index >= 15 is 0 Å². The quantitative estimate of drug-likeness (QED) is 0.792. The molecule has 1 aromatic rings. The first-order chi connectivity index (χ1) is 8.10. The van der Waals surface area contributed by atoms with Gasteiger partial charge in [0, 0.05) is 44.1 Å². The van der Waals surface area contributed by atoms with E-state index in [-0.39, 0.29) is 6.04 Å². The molecule has 0 radical (unpaired) electrons. The van der Waals surface area contributed by atoms with Crippen molar-refractivity contribution in [2.24, 2.45) is 0 Å². The summed E-state index contributed by atoms with van der Waals surface area (Å²) in [5, 5.41) is 13.1. The summed E-state index contributed by atoms with van der Waals surface area (Å²) in [5.74, 6) is 0.327. The summed E-state index contributed by atoms with van der Waals surface area (Å²) in [5.41, 5.74) is 1.91. The van der Waals surface area contributed by atoms with E-state index in [2.05, 4.69) is 10.2 Å². The van der Waals surface area contributed by atoms with E-state index < -0.39 is 0 Å². The normalized spacial score (nSPS) is 12.5. The molecule has 1 aromatic carbocycles. The number of methoxy groups -OCH3 is 1. The average molecular weight is 238 g/mol. The Bertz CT molecular complexity index is 355. The minimum atomic E-state index is 0.147. The van der Waals surface area contributed by atoms with Gasteiger partial charge in [-0.3, -0.25) is 0 Å². The molecule has 0 bridgehead atoms. The lowest BCUT2D eigenvalue weighted by Crippen LogP contribution is -2.22. The summed E-state index contributed by atoms with van der Waals surface area (Å²) in [7, 11) is 5.54. The van der Waals surface area contributed by atoms with Crippen molar-refractivity contribution in [3.8, 4) is 5.75 Å². The Morgan fingerprint density at radius 2 is 2.18 bits per heavy atom. The highest BCUT2D eigenvalue weighted by Crippen LogP contribution is 2.28. The number of nitrogens with one attached hydrogen (secondary N) is 1. The smallest absolute Gasteiger partial charge is 0.122 e. The number of hydrogen-bond donors (Lipinski definition) is 2. The van der Waals surface area contributed by atoms with Crippen LogP contribution in [-0.4, -0.2) is 39.5 Å². The van der Waals surface area contributed by atoms with Gasteiger partial charge in [0.2, 0.25) is 0 Å². The highest BCUT2D eigenvalue weighted by atomic mass is 16.5. The third-order valence-corrected chi connectivity index (χ3v) is 2.99. The molecule has 0 aromatic heterocycles. The first kappa shape index (κ1) is 13.8. The van der Waals surface area contributed by atoms with Gasteiger partial charge in [0.1, 0.15) is 5.75 Å². The second kappa shape index (κ2) is 6.47. The fourth-order valence-corrected chi connectivity index (χ4v) is 1.65. The first-order valence-corrected chi connectivity index (χ1v) is 5.80. The summed E-state index contributed by atoms with van der Waals surface area (Å²) in [4.78, 5) is 2.05. The van der Waals surface area contributed by atoms with Crippen LogP contribution in [0.25, 0.3) is 0 Å². The molecule has 17 heavy (non-hydrogen) atoms. The molecular weight excluding hydrogens is 216 g/mol. The van der Waals surface area contributed by atoms with E-state index in [0.29, 0.717) is 12.4 Å². The Balaban J connectivity index is 2.81. The van der Waals surface area contributed by atoms with Crippen LogP contribution in [-0.2, 0) is 4.74 Å².